The summed E-state index contributed by atoms with van der Waals surface area (Å²) in [4.78, 5) is 0. The number of benzene rings is 3. The van der Waals surface area contributed by atoms with Crippen LogP contribution in [0.4, 0.5) is 5.69 Å². The van der Waals surface area contributed by atoms with E-state index >= 15 is 0 Å². The second kappa shape index (κ2) is 7.59. The van der Waals surface area contributed by atoms with Gasteiger partial charge < -0.3 is 9.82 Å². The van der Waals surface area contributed by atoms with Gasteiger partial charge >= 0.3 is 0 Å². The van der Waals surface area contributed by atoms with Gasteiger partial charge in [0.2, 0.25) is 7.29 Å². The maximum Gasteiger partial charge on any atom is 0.220 e. The van der Waals surface area contributed by atoms with E-state index in [4.69, 9.17) is 4.74 Å². The average molecular weight is 438 g/mol. The van der Waals surface area contributed by atoms with E-state index in [9.17, 15) is 4.57 Å². The first-order chi connectivity index (χ1) is 13.1. The van der Waals surface area contributed by atoms with E-state index in [-0.39, 0.29) is 0 Å². The van der Waals surface area contributed by atoms with Gasteiger partial charge in [0.15, 0.2) is 0 Å². The molecule has 3 nitrogen and oxygen atoms in total. The Labute approximate surface area is 166 Å². The molecule has 0 unspecified atom stereocenters. The lowest BCUT2D eigenvalue weighted by Crippen LogP contribution is -2.03. The molecule has 134 valence electrons. The summed E-state index contributed by atoms with van der Waals surface area (Å²) in [6.07, 6.45) is 0. The molecule has 4 rings (SSSR count). The first-order valence-electron chi connectivity index (χ1n) is 8.49. The average Bonchev–Trinajstić information content (AvgIpc) is 2.70. The third kappa shape index (κ3) is 4.24. The zero-order valence-electron chi connectivity index (χ0n) is 14.4. The van der Waals surface area contributed by atoms with E-state index in [0.717, 1.165) is 21.3 Å². The number of rotatable bonds is 4. The van der Waals surface area contributed by atoms with Crippen LogP contribution in [-0.4, -0.2) is 0 Å². The zero-order chi connectivity index (χ0) is 18.7. The summed E-state index contributed by atoms with van der Waals surface area (Å²) in [5, 5.41) is 3.19. The van der Waals surface area contributed by atoms with Crippen LogP contribution >= 0.6 is 23.2 Å². The zero-order valence-corrected chi connectivity index (χ0v) is 16.9. The fraction of sp³-hybridized carbons (Fsp3) is 0. The van der Waals surface area contributed by atoms with Gasteiger partial charge in [0.1, 0.15) is 11.5 Å². The van der Waals surface area contributed by atoms with Crippen LogP contribution in [0.2, 0.25) is 0 Å². The Morgan fingerprint density at radius 1 is 0.704 bits per heavy atom. The van der Waals surface area contributed by atoms with Gasteiger partial charge in [-0.15, -0.1) is 0 Å². The highest BCUT2D eigenvalue weighted by molar-refractivity contribution is 9.10. The summed E-state index contributed by atoms with van der Waals surface area (Å²) < 4.78 is 20.8. The maximum absolute atomic E-state index is 13.7. The first-order valence-corrected chi connectivity index (χ1v) is 11.1. The van der Waals surface area contributed by atoms with Crippen LogP contribution in [0.5, 0.6) is 0 Å². The molecular weight excluding hydrogens is 421 g/mol. The summed E-state index contributed by atoms with van der Waals surface area (Å²) >= 11 is 3.42. The first kappa shape index (κ1) is 17.8. The van der Waals surface area contributed by atoms with E-state index in [0.29, 0.717) is 11.5 Å². The van der Waals surface area contributed by atoms with Gasteiger partial charge in [0.25, 0.3) is 0 Å². The van der Waals surface area contributed by atoms with Crippen LogP contribution in [0.3, 0.4) is 0 Å². The standard InChI is InChI=1S/C22H17BrNO2P/c23-19-11-13-20(14-12-19)24-27(25)15-21(17-7-3-1-4-8-17)26-22(16-27)18-9-5-2-6-10-18/h1-16H,(H,24,25). The minimum atomic E-state index is -3.01. The third-order valence-corrected chi connectivity index (χ3v) is 6.48. The Balaban J connectivity index is 1.76. The van der Waals surface area contributed by atoms with Gasteiger partial charge in [-0.3, -0.25) is 4.57 Å². The van der Waals surface area contributed by atoms with E-state index in [1.807, 2.05) is 84.9 Å². The Morgan fingerprint density at radius 2 is 1.19 bits per heavy atom. The van der Waals surface area contributed by atoms with E-state index in [2.05, 4.69) is 21.0 Å². The third-order valence-electron chi connectivity index (χ3n) is 4.10. The quantitative estimate of drug-likeness (QED) is 0.439. The molecule has 3 aromatic rings. The summed E-state index contributed by atoms with van der Waals surface area (Å²) in [5.74, 6) is 4.56. The Hall–Kier alpha value is -2.55. The van der Waals surface area contributed by atoms with Gasteiger partial charge in [-0.1, -0.05) is 76.6 Å². The largest absolute Gasteiger partial charge is 0.456 e. The molecule has 27 heavy (non-hydrogen) atoms. The number of hydrogen-bond donors (Lipinski definition) is 1. The van der Waals surface area contributed by atoms with Gasteiger partial charge in [-0.25, -0.2) is 0 Å². The SMILES string of the molecule is O=P1(Nc2ccc(Br)cc2)C=C(c2ccccc2)OC(c2ccccc2)=C1. The summed E-state index contributed by atoms with van der Waals surface area (Å²) in [5.41, 5.74) is 2.56. The van der Waals surface area contributed by atoms with Gasteiger partial charge in [-0.2, -0.15) is 0 Å². The molecule has 1 aliphatic heterocycles. The fourth-order valence-electron chi connectivity index (χ4n) is 2.82. The molecule has 1 aliphatic rings. The number of hydrogen-bond acceptors (Lipinski definition) is 2. The molecule has 0 saturated carbocycles. The van der Waals surface area contributed by atoms with Crippen LogP contribution in [0.15, 0.2) is 101 Å². The fourth-order valence-corrected chi connectivity index (χ4v) is 4.94. The van der Waals surface area contributed by atoms with Crippen LogP contribution in [0.25, 0.3) is 11.5 Å². The molecule has 3 aromatic carbocycles. The van der Waals surface area contributed by atoms with Crippen molar-refractivity contribution in [1.82, 2.24) is 0 Å². The van der Waals surface area contributed by atoms with Crippen molar-refractivity contribution in [1.29, 1.82) is 0 Å². The number of halogens is 1. The van der Waals surface area contributed by atoms with Crippen LogP contribution in [-0.2, 0) is 9.30 Å². The molecule has 1 heterocycles. The molecule has 0 radical (unpaired) electrons. The van der Waals surface area contributed by atoms with E-state index < -0.39 is 7.29 Å². The Bertz CT molecular complexity index is 985. The normalized spacial score (nSPS) is 15.3. The summed E-state index contributed by atoms with van der Waals surface area (Å²) in [7, 11) is -3.01. The van der Waals surface area contributed by atoms with Crippen LogP contribution < -0.4 is 5.09 Å². The van der Waals surface area contributed by atoms with Crippen molar-refractivity contribution in [2.24, 2.45) is 0 Å². The second-order valence-electron chi connectivity index (χ2n) is 6.15. The van der Waals surface area contributed by atoms with Crippen molar-refractivity contribution in [2.75, 3.05) is 5.09 Å². The van der Waals surface area contributed by atoms with Crippen molar-refractivity contribution in [2.45, 2.75) is 0 Å². The molecule has 5 heteroatoms. The minimum absolute atomic E-state index is 0.588. The topological polar surface area (TPSA) is 38.3 Å². The predicted octanol–water partition coefficient (Wildman–Crippen LogP) is 7.17. The summed E-state index contributed by atoms with van der Waals surface area (Å²) in [6.45, 7) is 0. The lowest BCUT2D eigenvalue weighted by atomic mass is 10.2. The number of ether oxygens (including phenoxy) is 1. The minimum Gasteiger partial charge on any atom is -0.456 e. The molecule has 0 amide bonds. The highest BCUT2D eigenvalue weighted by Gasteiger charge is 2.26. The molecule has 0 aromatic heterocycles. The maximum atomic E-state index is 13.7. The van der Waals surface area contributed by atoms with E-state index in [1.54, 1.807) is 11.6 Å². The monoisotopic (exact) mass is 437 g/mol. The van der Waals surface area contributed by atoms with Crippen molar-refractivity contribution in [3.63, 3.8) is 0 Å². The molecule has 0 aliphatic carbocycles. The highest BCUT2D eigenvalue weighted by atomic mass is 79.9. The van der Waals surface area contributed by atoms with Crippen molar-refractivity contribution >= 4 is 40.4 Å². The van der Waals surface area contributed by atoms with Crippen molar-refractivity contribution < 1.29 is 9.30 Å². The Kier molecular flexibility index (Phi) is 5.02. The number of nitrogens with one attached hydrogen (secondary N) is 1. The van der Waals surface area contributed by atoms with Crippen molar-refractivity contribution in [3.05, 3.63) is 112 Å². The smallest absolute Gasteiger partial charge is 0.220 e. The predicted molar refractivity (Wildman–Crippen MR) is 115 cm³/mol. The molecule has 0 spiro atoms. The Morgan fingerprint density at radius 3 is 1.67 bits per heavy atom. The molecule has 0 bridgehead atoms. The highest BCUT2D eigenvalue weighted by Crippen LogP contribution is 2.56. The van der Waals surface area contributed by atoms with Gasteiger partial charge in [0.05, 0.1) is 0 Å². The lowest BCUT2D eigenvalue weighted by molar-refractivity contribution is 0.469. The lowest BCUT2D eigenvalue weighted by Gasteiger charge is -2.24. The van der Waals surface area contributed by atoms with Crippen LogP contribution in [0.1, 0.15) is 11.1 Å². The van der Waals surface area contributed by atoms with E-state index in [1.165, 1.54) is 0 Å². The molecular formula is C22H17BrNO2P. The van der Waals surface area contributed by atoms with Crippen LogP contribution in [0, 0.1) is 0 Å². The van der Waals surface area contributed by atoms with Gasteiger partial charge in [0, 0.05) is 32.9 Å². The van der Waals surface area contributed by atoms with Gasteiger partial charge in [-0.05, 0) is 24.3 Å². The summed E-state index contributed by atoms with van der Waals surface area (Å²) in [6, 6.07) is 27.1. The molecule has 0 saturated heterocycles. The molecule has 0 atom stereocenters. The molecule has 1 N–H and O–H groups in total. The second-order valence-corrected chi connectivity index (χ2v) is 9.22. The molecule has 0 fully saturated rings. The van der Waals surface area contributed by atoms with Crippen molar-refractivity contribution in [3.8, 4) is 0 Å². The number of anilines is 1.